The summed E-state index contributed by atoms with van der Waals surface area (Å²) in [4.78, 5) is 2.02. The zero-order valence-electron chi connectivity index (χ0n) is 10.4. The van der Waals surface area contributed by atoms with Crippen LogP contribution in [0.25, 0.3) is 0 Å². The van der Waals surface area contributed by atoms with E-state index in [2.05, 4.69) is 0 Å². The molecule has 0 amide bonds. The molecule has 3 nitrogen and oxygen atoms in total. The maximum atomic E-state index is 14.0. The van der Waals surface area contributed by atoms with E-state index < -0.39 is 0 Å². The van der Waals surface area contributed by atoms with Gasteiger partial charge in [-0.15, -0.1) is 0 Å². The molecule has 0 aliphatic carbocycles. The van der Waals surface area contributed by atoms with Crippen molar-refractivity contribution >= 4 is 0 Å². The number of hydrogen-bond acceptors (Lipinski definition) is 3. The number of nitrogens with zero attached hydrogens (tertiary/aromatic N) is 2. The summed E-state index contributed by atoms with van der Waals surface area (Å²) in [6.07, 6.45) is 4.42. The molecule has 2 N–H and O–H groups in total. The molecule has 2 rings (SSSR count). The van der Waals surface area contributed by atoms with Gasteiger partial charge in [0.05, 0.1) is 17.7 Å². The Morgan fingerprint density at radius 2 is 2.33 bits per heavy atom. The molecule has 0 saturated carbocycles. The van der Waals surface area contributed by atoms with Gasteiger partial charge in [-0.25, -0.2) is 4.39 Å². The lowest BCUT2D eigenvalue weighted by atomic mass is 9.93. The molecule has 1 atom stereocenters. The lowest BCUT2D eigenvalue weighted by Gasteiger charge is -2.36. The molecule has 0 radical (unpaired) electrons. The van der Waals surface area contributed by atoms with Crippen LogP contribution in [0.1, 0.15) is 36.4 Å². The summed E-state index contributed by atoms with van der Waals surface area (Å²) >= 11 is 0. The highest BCUT2D eigenvalue weighted by Crippen LogP contribution is 2.35. The van der Waals surface area contributed by atoms with Crippen LogP contribution in [0.4, 0.5) is 4.39 Å². The van der Waals surface area contributed by atoms with Gasteiger partial charge in [0.15, 0.2) is 0 Å². The topological polar surface area (TPSA) is 53.0 Å². The maximum absolute atomic E-state index is 14.0. The van der Waals surface area contributed by atoms with Crippen molar-refractivity contribution in [2.45, 2.75) is 25.3 Å². The Morgan fingerprint density at radius 1 is 1.56 bits per heavy atom. The molecule has 1 unspecified atom stereocenters. The molecule has 1 aromatic rings. The molecule has 1 aliphatic heterocycles. The Morgan fingerprint density at radius 3 is 2.94 bits per heavy atom. The zero-order chi connectivity index (χ0) is 13.1. The summed E-state index contributed by atoms with van der Waals surface area (Å²) in [6, 6.07) is 6.60. The number of rotatable bonds is 1. The van der Waals surface area contributed by atoms with Crippen LogP contribution < -0.4 is 5.73 Å². The maximum Gasteiger partial charge on any atom is 0.129 e. The zero-order valence-corrected chi connectivity index (χ0v) is 10.4. The van der Waals surface area contributed by atoms with Gasteiger partial charge in [0, 0.05) is 24.5 Å². The van der Waals surface area contributed by atoms with Crippen molar-refractivity contribution in [3.8, 4) is 6.07 Å². The Kier molecular flexibility index (Phi) is 3.52. The average molecular weight is 245 g/mol. The van der Waals surface area contributed by atoms with Crippen molar-refractivity contribution in [1.29, 1.82) is 5.26 Å². The summed E-state index contributed by atoms with van der Waals surface area (Å²) in [6.45, 7) is 0. The number of halogens is 1. The van der Waals surface area contributed by atoms with E-state index in [0.717, 1.165) is 25.0 Å². The Labute approximate surface area is 106 Å². The van der Waals surface area contributed by atoms with Gasteiger partial charge in [0.2, 0.25) is 0 Å². The van der Waals surface area contributed by atoms with Crippen molar-refractivity contribution in [2.75, 3.05) is 7.05 Å². The van der Waals surface area contributed by atoms with Crippen molar-refractivity contribution in [1.82, 2.24) is 4.90 Å². The highest BCUT2D eigenvalue weighted by molar-refractivity contribution is 5.34. The van der Waals surface area contributed by atoms with Crippen LogP contribution in [0.2, 0.25) is 0 Å². The van der Waals surface area contributed by atoms with Crippen LogP contribution >= 0.6 is 0 Å². The fourth-order valence-corrected chi connectivity index (χ4v) is 2.48. The van der Waals surface area contributed by atoms with Crippen molar-refractivity contribution in [2.24, 2.45) is 5.73 Å². The Bertz CT molecular complexity index is 516. The first-order chi connectivity index (χ1) is 8.67. The highest BCUT2D eigenvalue weighted by atomic mass is 19.1. The third-order valence-corrected chi connectivity index (χ3v) is 3.51. The lowest BCUT2D eigenvalue weighted by Crippen LogP contribution is -2.29. The van der Waals surface area contributed by atoms with Crippen LogP contribution in [0.3, 0.4) is 0 Å². The number of likely N-dealkylation sites (tertiary alicyclic amines) is 1. The minimum atomic E-state index is -0.316. The molecule has 94 valence electrons. The second-order valence-corrected chi connectivity index (χ2v) is 4.53. The quantitative estimate of drug-likeness (QED) is 0.827. The molecule has 1 heterocycles. The van der Waals surface area contributed by atoms with Crippen LogP contribution in [0, 0.1) is 17.1 Å². The van der Waals surface area contributed by atoms with Gasteiger partial charge in [-0.2, -0.15) is 5.26 Å². The van der Waals surface area contributed by atoms with E-state index in [1.165, 1.54) is 6.07 Å². The van der Waals surface area contributed by atoms with E-state index in [0.29, 0.717) is 11.1 Å². The summed E-state index contributed by atoms with van der Waals surface area (Å²) in [5.74, 6) is -0.316. The molecule has 18 heavy (non-hydrogen) atoms. The van der Waals surface area contributed by atoms with E-state index in [1.54, 1.807) is 18.3 Å². The summed E-state index contributed by atoms with van der Waals surface area (Å²) < 4.78 is 14.0. The van der Waals surface area contributed by atoms with Crippen molar-refractivity contribution < 1.29 is 4.39 Å². The van der Waals surface area contributed by atoms with Gasteiger partial charge in [-0.1, -0.05) is 6.07 Å². The summed E-state index contributed by atoms with van der Waals surface area (Å²) in [5, 5.41) is 8.74. The molecule has 1 aliphatic rings. The minimum absolute atomic E-state index is 0.00120. The molecule has 4 heteroatoms. The van der Waals surface area contributed by atoms with Gasteiger partial charge < -0.3 is 10.6 Å². The van der Waals surface area contributed by atoms with E-state index in [1.807, 2.05) is 18.0 Å². The van der Waals surface area contributed by atoms with Crippen LogP contribution in [0.5, 0.6) is 0 Å². The number of hydrogen-bond donors (Lipinski definition) is 1. The number of allylic oxidation sites excluding steroid dienone is 1. The number of benzene rings is 1. The van der Waals surface area contributed by atoms with Gasteiger partial charge >= 0.3 is 0 Å². The number of piperidine rings is 1. The summed E-state index contributed by atoms with van der Waals surface area (Å²) in [5.41, 5.74) is 7.60. The van der Waals surface area contributed by atoms with Gasteiger partial charge in [0.25, 0.3) is 0 Å². The predicted octanol–water partition coefficient (Wildman–Crippen LogP) is 2.65. The van der Waals surface area contributed by atoms with Gasteiger partial charge in [-0.05, 0) is 31.4 Å². The standard InChI is InChI=1S/C14H16FN3/c1-18-11(9-17)3-2-4-14(18)12-6-5-10(8-16)7-13(12)15/h5-7,9,14H,2-4,17H2,1H3/b11-9-. The molecule has 1 saturated heterocycles. The smallest absolute Gasteiger partial charge is 0.129 e. The first-order valence-electron chi connectivity index (χ1n) is 6.00. The molecular formula is C14H16FN3. The second-order valence-electron chi connectivity index (χ2n) is 4.53. The first kappa shape index (κ1) is 12.4. The van der Waals surface area contributed by atoms with E-state index >= 15 is 0 Å². The molecule has 0 bridgehead atoms. The average Bonchev–Trinajstić information content (AvgIpc) is 2.39. The SMILES string of the molecule is CN1/C(=C\N)CCCC1c1ccc(C#N)cc1F. The Balaban J connectivity index is 2.34. The van der Waals surface area contributed by atoms with Crippen LogP contribution in [-0.2, 0) is 0 Å². The highest BCUT2D eigenvalue weighted by Gasteiger charge is 2.25. The molecule has 0 spiro atoms. The number of nitriles is 1. The van der Waals surface area contributed by atoms with Crippen molar-refractivity contribution in [3.05, 3.63) is 47.0 Å². The summed E-state index contributed by atoms with van der Waals surface area (Å²) in [7, 11) is 1.93. The predicted molar refractivity (Wildman–Crippen MR) is 67.7 cm³/mol. The fraction of sp³-hybridized carbons (Fsp3) is 0.357. The van der Waals surface area contributed by atoms with Crippen LogP contribution in [-0.4, -0.2) is 11.9 Å². The first-order valence-corrected chi connectivity index (χ1v) is 6.00. The van der Waals surface area contributed by atoms with Crippen LogP contribution in [0.15, 0.2) is 30.1 Å². The third kappa shape index (κ3) is 2.17. The van der Waals surface area contributed by atoms with E-state index in [-0.39, 0.29) is 11.9 Å². The number of nitrogens with two attached hydrogens (primary N) is 1. The monoisotopic (exact) mass is 245 g/mol. The largest absolute Gasteiger partial charge is 0.403 e. The third-order valence-electron chi connectivity index (χ3n) is 3.51. The van der Waals surface area contributed by atoms with E-state index in [9.17, 15) is 4.39 Å². The van der Waals surface area contributed by atoms with Crippen molar-refractivity contribution in [3.63, 3.8) is 0 Å². The Hall–Kier alpha value is -2.02. The van der Waals surface area contributed by atoms with Gasteiger partial charge in [-0.3, -0.25) is 0 Å². The normalized spacial score (nSPS) is 21.9. The molecule has 1 fully saturated rings. The lowest BCUT2D eigenvalue weighted by molar-refractivity contribution is 0.237. The van der Waals surface area contributed by atoms with Gasteiger partial charge in [0.1, 0.15) is 5.82 Å². The van der Waals surface area contributed by atoms with E-state index in [4.69, 9.17) is 11.0 Å². The second kappa shape index (κ2) is 5.09. The molecule has 1 aromatic carbocycles. The molecular weight excluding hydrogens is 229 g/mol. The fourth-order valence-electron chi connectivity index (χ4n) is 2.48. The molecule has 0 aromatic heterocycles. The minimum Gasteiger partial charge on any atom is -0.403 e.